The van der Waals surface area contributed by atoms with Crippen LogP contribution in [0.5, 0.6) is 0 Å². The molecule has 0 aliphatic heterocycles. The van der Waals surface area contributed by atoms with Gasteiger partial charge in [-0.15, -0.1) is 0 Å². The zero-order valence-electron chi connectivity index (χ0n) is 5.92. The first kappa shape index (κ1) is 9.10. The van der Waals surface area contributed by atoms with Gasteiger partial charge in [0, 0.05) is 6.42 Å². The Balaban J connectivity index is 4.40. The van der Waals surface area contributed by atoms with E-state index >= 15 is 0 Å². The maximum absolute atomic E-state index is 10.6. The van der Waals surface area contributed by atoms with E-state index in [2.05, 4.69) is 0 Å². The minimum Gasteiger partial charge on any atom is -0.479 e. The van der Waals surface area contributed by atoms with Crippen molar-refractivity contribution in [3.63, 3.8) is 0 Å². The Kier molecular flexibility index (Phi) is 2.54. The summed E-state index contributed by atoms with van der Waals surface area (Å²) in [6.07, 6.45) is 0.0271. The summed E-state index contributed by atoms with van der Waals surface area (Å²) in [6, 6.07) is 0. The lowest BCUT2D eigenvalue weighted by Gasteiger charge is -2.14. The zero-order valence-corrected chi connectivity index (χ0v) is 5.92. The maximum atomic E-state index is 10.6. The van der Waals surface area contributed by atoms with Crippen LogP contribution in [-0.4, -0.2) is 27.6 Å². The second-order valence-electron chi connectivity index (χ2n) is 2.15. The molecule has 58 valence electrons. The van der Waals surface area contributed by atoms with Crippen LogP contribution in [0.15, 0.2) is 0 Å². The standard InChI is InChI=1S/C6H10O4/c1-3-4(7)6(2,10)5(8)9/h10H,3H2,1-2H3,(H,8,9). The van der Waals surface area contributed by atoms with Gasteiger partial charge in [0.2, 0.25) is 5.60 Å². The van der Waals surface area contributed by atoms with E-state index in [1.165, 1.54) is 6.92 Å². The maximum Gasteiger partial charge on any atom is 0.343 e. The number of rotatable bonds is 3. The molecule has 1 unspecified atom stereocenters. The van der Waals surface area contributed by atoms with E-state index in [4.69, 9.17) is 10.2 Å². The van der Waals surface area contributed by atoms with Crippen LogP contribution in [0.3, 0.4) is 0 Å². The molecule has 0 rings (SSSR count). The number of hydrogen-bond acceptors (Lipinski definition) is 3. The molecule has 0 heterocycles. The molecular formula is C6H10O4. The Bertz CT molecular complexity index is 159. The third-order valence-corrected chi connectivity index (χ3v) is 1.28. The third kappa shape index (κ3) is 1.54. The van der Waals surface area contributed by atoms with Crippen LogP contribution in [0.2, 0.25) is 0 Å². The highest BCUT2D eigenvalue weighted by atomic mass is 16.4. The summed E-state index contributed by atoms with van der Waals surface area (Å²) in [4.78, 5) is 20.8. The minimum absolute atomic E-state index is 0.0271. The number of carboxylic acid groups (broad SMARTS) is 1. The quantitative estimate of drug-likeness (QED) is 0.541. The molecule has 0 aromatic heterocycles. The lowest BCUT2D eigenvalue weighted by Crippen LogP contribution is -2.43. The highest BCUT2D eigenvalue weighted by Gasteiger charge is 2.36. The van der Waals surface area contributed by atoms with Crippen LogP contribution >= 0.6 is 0 Å². The first-order valence-corrected chi connectivity index (χ1v) is 2.92. The number of aliphatic hydroxyl groups is 1. The highest BCUT2D eigenvalue weighted by molar-refractivity contribution is 6.05. The van der Waals surface area contributed by atoms with Crippen molar-refractivity contribution in [2.24, 2.45) is 0 Å². The molecule has 0 aromatic carbocycles. The fraction of sp³-hybridized carbons (Fsp3) is 0.667. The van der Waals surface area contributed by atoms with E-state index in [9.17, 15) is 9.59 Å². The van der Waals surface area contributed by atoms with Crippen molar-refractivity contribution in [2.75, 3.05) is 0 Å². The number of carbonyl (C=O) groups excluding carboxylic acids is 1. The number of hydrogen-bond donors (Lipinski definition) is 2. The van der Waals surface area contributed by atoms with E-state index in [0.717, 1.165) is 6.92 Å². The molecule has 0 amide bonds. The Labute approximate surface area is 58.5 Å². The van der Waals surface area contributed by atoms with Gasteiger partial charge in [-0.25, -0.2) is 4.79 Å². The molecule has 1 atom stereocenters. The molecule has 0 saturated heterocycles. The summed E-state index contributed by atoms with van der Waals surface area (Å²) in [5.41, 5.74) is -2.21. The van der Waals surface area contributed by atoms with Crippen LogP contribution in [0.4, 0.5) is 0 Å². The van der Waals surface area contributed by atoms with Crippen LogP contribution in [0.25, 0.3) is 0 Å². The van der Waals surface area contributed by atoms with Crippen LogP contribution < -0.4 is 0 Å². The molecule has 0 bridgehead atoms. The molecule has 0 aromatic rings. The fourth-order valence-electron chi connectivity index (χ4n) is 0.463. The molecule has 2 N–H and O–H groups in total. The summed E-state index contributed by atoms with van der Waals surface area (Å²) >= 11 is 0. The van der Waals surface area contributed by atoms with Gasteiger partial charge in [0.25, 0.3) is 0 Å². The van der Waals surface area contributed by atoms with E-state index in [0.29, 0.717) is 0 Å². The molecule has 0 fully saturated rings. The van der Waals surface area contributed by atoms with Crippen LogP contribution in [0, 0.1) is 0 Å². The van der Waals surface area contributed by atoms with Crippen molar-refractivity contribution in [1.82, 2.24) is 0 Å². The monoisotopic (exact) mass is 146 g/mol. The van der Waals surface area contributed by atoms with E-state index < -0.39 is 17.4 Å². The van der Waals surface area contributed by atoms with Crippen LogP contribution in [0.1, 0.15) is 20.3 Å². The fourth-order valence-corrected chi connectivity index (χ4v) is 0.463. The molecule has 10 heavy (non-hydrogen) atoms. The lowest BCUT2D eigenvalue weighted by molar-refractivity contribution is -0.163. The molecule has 0 aliphatic rings. The number of carbonyl (C=O) groups is 2. The smallest absolute Gasteiger partial charge is 0.343 e. The summed E-state index contributed by atoms with van der Waals surface area (Å²) < 4.78 is 0. The normalized spacial score (nSPS) is 15.9. The molecule has 4 nitrogen and oxygen atoms in total. The van der Waals surface area contributed by atoms with Crippen molar-refractivity contribution in [3.05, 3.63) is 0 Å². The van der Waals surface area contributed by atoms with Crippen molar-refractivity contribution < 1.29 is 19.8 Å². The van der Waals surface area contributed by atoms with Gasteiger partial charge in [-0.1, -0.05) is 6.92 Å². The predicted octanol–water partition coefficient (Wildman–Crippen LogP) is -0.199. The SMILES string of the molecule is CCC(=O)C(C)(O)C(=O)O. The Morgan fingerprint density at radius 3 is 2.00 bits per heavy atom. The number of ketones is 1. The third-order valence-electron chi connectivity index (χ3n) is 1.28. The lowest BCUT2D eigenvalue weighted by atomic mass is 10.00. The largest absolute Gasteiger partial charge is 0.479 e. The second kappa shape index (κ2) is 2.79. The topological polar surface area (TPSA) is 74.6 Å². The van der Waals surface area contributed by atoms with Gasteiger partial charge < -0.3 is 10.2 Å². The Morgan fingerprint density at radius 1 is 1.50 bits per heavy atom. The van der Waals surface area contributed by atoms with Crippen molar-refractivity contribution >= 4 is 11.8 Å². The van der Waals surface area contributed by atoms with E-state index in [1.807, 2.05) is 0 Å². The average Bonchev–Trinajstić information content (AvgIpc) is 1.86. The van der Waals surface area contributed by atoms with Gasteiger partial charge in [0.05, 0.1) is 0 Å². The summed E-state index contributed by atoms with van der Waals surface area (Å²) in [5, 5.41) is 17.2. The molecule has 4 heteroatoms. The predicted molar refractivity (Wildman–Crippen MR) is 33.6 cm³/mol. The van der Waals surface area contributed by atoms with Gasteiger partial charge in [-0.3, -0.25) is 4.79 Å². The summed E-state index contributed by atoms with van der Waals surface area (Å²) in [5.74, 6) is -2.18. The zero-order chi connectivity index (χ0) is 8.36. The molecular weight excluding hydrogens is 136 g/mol. The van der Waals surface area contributed by atoms with Crippen molar-refractivity contribution in [2.45, 2.75) is 25.9 Å². The van der Waals surface area contributed by atoms with E-state index in [1.54, 1.807) is 0 Å². The van der Waals surface area contributed by atoms with Crippen molar-refractivity contribution in [1.29, 1.82) is 0 Å². The van der Waals surface area contributed by atoms with Gasteiger partial charge in [0.1, 0.15) is 0 Å². The number of aliphatic carboxylic acids is 1. The van der Waals surface area contributed by atoms with Gasteiger partial charge in [0.15, 0.2) is 5.78 Å². The highest BCUT2D eigenvalue weighted by Crippen LogP contribution is 2.06. The van der Waals surface area contributed by atoms with Gasteiger partial charge >= 0.3 is 5.97 Å². The average molecular weight is 146 g/mol. The molecule has 0 aliphatic carbocycles. The number of carboxylic acids is 1. The van der Waals surface area contributed by atoms with Gasteiger partial charge in [-0.05, 0) is 6.92 Å². The molecule has 0 spiro atoms. The second-order valence-corrected chi connectivity index (χ2v) is 2.15. The first-order valence-electron chi connectivity index (χ1n) is 2.92. The van der Waals surface area contributed by atoms with Crippen LogP contribution in [-0.2, 0) is 9.59 Å². The minimum atomic E-state index is -2.21. The number of Topliss-reactive ketones (excluding diaryl/α,β-unsaturated/α-hetero) is 1. The van der Waals surface area contributed by atoms with Crippen molar-refractivity contribution in [3.8, 4) is 0 Å². The first-order chi connectivity index (χ1) is 4.42. The Hall–Kier alpha value is -0.900. The molecule has 0 saturated carbocycles. The molecule has 0 radical (unpaired) electrons. The van der Waals surface area contributed by atoms with E-state index in [-0.39, 0.29) is 6.42 Å². The Morgan fingerprint density at radius 2 is 1.90 bits per heavy atom. The summed E-state index contributed by atoms with van der Waals surface area (Å²) in [7, 11) is 0. The summed E-state index contributed by atoms with van der Waals surface area (Å²) in [6.45, 7) is 2.47. The van der Waals surface area contributed by atoms with Gasteiger partial charge in [-0.2, -0.15) is 0 Å².